The first-order valence-corrected chi connectivity index (χ1v) is 11.0. The predicted octanol–water partition coefficient (Wildman–Crippen LogP) is 4.39. The van der Waals surface area contributed by atoms with Gasteiger partial charge in [0, 0.05) is 29.1 Å². The number of amides is 1. The van der Waals surface area contributed by atoms with E-state index in [-0.39, 0.29) is 11.5 Å². The van der Waals surface area contributed by atoms with Crippen molar-refractivity contribution in [3.8, 4) is 0 Å². The molecule has 1 amide bonds. The first-order valence-electron chi connectivity index (χ1n) is 10.2. The van der Waals surface area contributed by atoms with Crippen molar-refractivity contribution in [2.45, 2.75) is 65.0 Å². The minimum Gasteiger partial charge on any atom is -0.353 e. The maximum absolute atomic E-state index is 13.0. The zero-order valence-corrected chi connectivity index (χ0v) is 17.3. The average molecular weight is 398 g/mol. The molecule has 0 aliphatic heterocycles. The molecule has 2 atom stereocenters. The lowest BCUT2D eigenvalue weighted by Gasteiger charge is -2.29. The van der Waals surface area contributed by atoms with Crippen LogP contribution in [0, 0.1) is 12.8 Å². The number of rotatable bonds is 5. The van der Waals surface area contributed by atoms with Gasteiger partial charge in [-0.3, -0.25) is 9.59 Å². The number of carbonyl (C=O) groups excluding carboxylic acids is 1. The fourth-order valence-corrected chi connectivity index (χ4v) is 5.40. The molecule has 6 heteroatoms. The van der Waals surface area contributed by atoms with Crippen molar-refractivity contribution in [1.29, 1.82) is 0 Å². The van der Waals surface area contributed by atoms with E-state index in [0.717, 1.165) is 32.3 Å². The number of hydrogen-bond acceptors (Lipinski definition) is 4. The minimum atomic E-state index is -0.0561. The normalized spacial score (nSPS) is 19.9. The topological polar surface area (TPSA) is 64.0 Å². The van der Waals surface area contributed by atoms with Gasteiger partial charge in [-0.05, 0) is 38.2 Å². The van der Waals surface area contributed by atoms with Crippen molar-refractivity contribution >= 4 is 37.4 Å². The van der Waals surface area contributed by atoms with E-state index in [2.05, 4.69) is 17.3 Å². The van der Waals surface area contributed by atoms with E-state index in [4.69, 9.17) is 0 Å². The highest BCUT2D eigenvalue weighted by atomic mass is 32.1. The number of aryl methyl sites for hydroxylation is 2. The Kier molecular flexibility index (Phi) is 5.49. The summed E-state index contributed by atoms with van der Waals surface area (Å²) in [4.78, 5) is 25.3. The molecule has 1 saturated carbocycles. The Bertz CT molecular complexity index is 1070. The number of carbonyl (C=O) groups is 1. The molecule has 1 N–H and O–H groups in total. The molecule has 3 aromatic rings. The van der Waals surface area contributed by atoms with Gasteiger partial charge in [0.1, 0.15) is 0 Å². The lowest BCUT2D eigenvalue weighted by molar-refractivity contribution is -0.122. The molecule has 0 bridgehead atoms. The minimum absolute atomic E-state index is 0.0561. The molecule has 28 heavy (non-hydrogen) atoms. The third-order valence-corrected chi connectivity index (χ3v) is 7.15. The number of fused-ring (bicyclic) bond motifs is 3. The summed E-state index contributed by atoms with van der Waals surface area (Å²) in [5, 5.41) is 9.44. The molecular formula is C22H27N3O2S. The summed E-state index contributed by atoms with van der Waals surface area (Å²) in [6.07, 6.45) is 5.78. The second-order valence-electron chi connectivity index (χ2n) is 7.96. The maximum Gasteiger partial charge on any atom is 0.276 e. The highest BCUT2D eigenvalue weighted by Crippen LogP contribution is 2.32. The number of thiophene rings is 1. The zero-order chi connectivity index (χ0) is 19.7. The number of nitrogens with one attached hydrogen (secondary N) is 1. The van der Waals surface area contributed by atoms with E-state index in [9.17, 15) is 9.59 Å². The third kappa shape index (κ3) is 3.70. The van der Waals surface area contributed by atoms with Gasteiger partial charge in [0.25, 0.3) is 5.56 Å². The molecule has 148 valence electrons. The Hall–Kier alpha value is -2.21. The number of aromatic nitrogens is 2. The molecule has 0 radical (unpaired) electrons. The van der Waals surface area contributed by atoms with Crippen LogP contribution in [-0.2, 0) is 11.3 Å². The van der Waals surface area contributed by atoms with Gasteiger partial charge < -0.3 is 5.32 Å². The number of nitrogens with zero attached hydrogens (tertiary/aromatic N) is 2. The van der Waals surface area contributed by atoms with Gasteiger partial charge >= 0.3 is 0 Å². The smallest absolute Gasteiger partial charge is 0.276 e. The molecule has 2 unspecified atom stereocenters. The van der Waals surface area contributed by atoms with Crippen molar-refractivity contribution in [1.82, 2.24) is 15.1 Å². The second kappa shape index (κ2) is 8.03. The Morgan fingerprint density at radius 2 is 2.07 bits per heavy atom. The quantitative estimate of drug-likeness (QED) is 0.694. The van der Waals surface area contributed by atoms with Gasteiger partial charge in [-0.25, -0.2) is 4.68 Å². The fourth-order valence-electron chi connectivity index (χ4n) is 4.26. The highest BCUT2D eigenvalue weighted by molar-refractivity contribution is 7.26. The summed E-state index contributed by atoms with van der Waals surface area (Å²) in [7, 11) is 0. The van der Waals surface area contributed by atoms with Gasteiger partial charge in [-0.1, -0.05) is 38.0 Å². The summed E-state index contributed by atoms with van der Waals surface area (Å²) in [6, 6.07) is 8.30. The van der Waals surface area contributed by atoms with Crippen LogP contribution in [0.5, 0.6) is 0 Å². The maximum atomic E-state index is 13.0. The van der Waals surface area contributed by atoms with Gasteiger partial charge in [0.2, 0.25) is 5.91 Å². The first-order chi connectivity index (χ1) is 13.5. The van der Waals surface area contributed by atoms with Crippen LogP contribution in [0.2, 0.25) is 0 Å². The Morgan fingerprint density at radius 3 is 2.89 bits per heavy atom. The lowest BCUT2D eigenvalue weighted by atomic mass is 9.86. The Labute approximate surface area is 168 Å². The van der Waals surface area contributed by atoms with E-state index in [0.29, 0.717) is 31.3 Å². The van der Waals surface area contributed by atoms with Crippen molar-refractivity contribution in [2.75, 3.05) is 0 Å². The molecule has 2 heterocycles. The zero-order valence-electron chi connectivity index (χ0n) is 16.5. The number of hydrogen-bond donors (Lipinski definition) is 1. The van der Waals surface area contributed by atoms with Crippen LogP contribution >= 0.6 is 11.3 Å². The van der Waals surface area contributed by atoms with Crippen LogP contribution in [0.15, 0.2) is 29.1 Å². The van der Waals surface area contributed by atoms with Crippen LogP contribution in [-0.4, -0.2) is 21.7 Å². The van der Waals surface area contributed by atoms with Crippen molar-refractivity contribution in [2.24, 2.45) is 5.92 Å². The molecule has 0 spiro atoms. The average Bonchev–Trinajstić information content (AvgIpc) is 3.08. The molecule has 0 saturated heterocycles. The van der Waals surface area contributed by atoms with E-state index >= 15 is 0 Å². The highest BCUT2D eigenvalue weighted by Gasteiger charge is 2.22. The standard InChI is InChI=1S/C22H27N3O2S/c1-14-8-3-5-10-17(14)23-19(26)12-7-13-25-22(27)20-16-9-4-6-11-18(16)28-21(20)15(2)24-25/h4,6,9,11,14,17H,3,5,7-8,10,12-13H2,1-2H3,(H,23,26). The monoisotopic (exact) mass is 397 g/mol. The lowest BCUT2D eigenvalue weighted by Crippen LogP contribution is -2.41. The summed E-state index contributed by atoms with van der Waals surface area (Å²) < 4.78 is 3.61. The molecule has 1 aliphatic rings. The van der Waals surface area contributed by atoms with Crippen molar-refractivity contribution in [3.63, 3.8) is 0 Å². The van der Waals surface area contributed by atoms with Crippen LogP contribution in [0.25, 0.3) is 20.2 Å². The van der Waals surface area contributed by atoms with Crippen LogP contribution in [0.1, 0.15) is 51.1 Å². The fraction of sp³-hybridized carbons (Fsp3) is 0.500. The van der Waals surface area contributed by atoms with Crippen LogP contribution in [0.3, 0.4) is 0 Å². The van der Waals surface area contributed by atoms with E-state index in [1.807, 2.05) is 31.2 Å². The summed E-state index contributed by atoms with van der Waals surface area (Å²) >= 11 is 1.62. The predicted molar refractivity (Wildman–Crippen MR) is 115 cm³/mol. The van der Waals surface area contributed by atoms with Gasteiger partial charge in [0.05, 0.1) is 15.8 Å². The van der Waals surface area contributed by atoms with Crippen LogP contribution in [0.4, 0.5) is 0 Å². The molecule has 1 fully saturated rings. The summed E-state index contributed by atoms with van der Waals surface area (Å²) in [6.45, 7) is 4.63. The first kappa shape index (κ1) is 19.1. The number of benzene rings is 1. The molecule has 1 aliphatic carbocycles. The second-order valence-corrected chi connectivity index (χ2v) is 9.01. The van der Waals surface area contributed by atoms with Crippen molar-refractivity contribution in [3.05, 3.63) is 40.3 Å². The molecule has 5 nitrogen and oxygen atoms in total. The SMILES string of the molecule is Cc1nn(CCCC(=O)NC2CCCCC2C)c(=O)c2c1sc1ccccc12. The third-order valence-electron chi connectivity index (χ3n) is 5.87. The summed E-state index contributed by atoms with van der Waals surface area (Å²) in [5.41, 5.74) is 0.815. The van der Waals surface area contributed by atoms with Gasteiger partial charge in [-0.2, -0.15) is 5.10 Å². The van der Waals surface area contributed by atoms with Crippen molar-refractivity contribution < 1.29 is 4.79 Å². The van der Waals surface area contributed by atoms with E-state index in [1.54, 1.807) is 11.3 Å². The van der Waals surface area contributed by atoms with Crippen LogP contribution < -0.4 is 10.9 Å². The molecule has 2 aromatic heterocycles. The summed E-state index contributed by atoms with van der Waals surface area (Å²) in [5.74, 6) is 0.643. The largest absolute Gasteiger partial charge is 0.353 e. The van der Waals surface area contributed by atoms with Gasteiger partial charge in [0.15, 0.2) is 0 Å². The molecule has 4 rings (SSSR count). The molecule has 1 aromatic carbocycles. The van der Waals surface area contributed by atoms with Gasteiger partial charge in [-0.15, -0.1) is 11.3 Å². The molecular weight excluding hydrogens is 370 g/mol. The van der Waals surface area contributed by atoms with E-state index in [1.165, 1.54) is 23.9 Å². The van der Waals surface area contributed by atoms with E-state index < -0.39 is 0 Å². The Balaban J connectivity index is 1.46. The Morgan fingerprint density at radius 1 is 1.29 bits per heavy atom.